The Balaban J connectivity index is 1.28. The monoisotopic (exact) mass is 450 g/mol. The van der Waals surface area contributed by atoms with Crippen molar-refractivity contribution in [2.45, 2.75) is 19.8 Å². The standard InChI is InChI=1S/C26H22N6O2/c1-18-16-23(32-26(28-18)30-25(31-32)20-8-5-15-27-17-20)29-21-10-12-22(13-11-21)34-24(33)14-9-19-6-3-2-4-7-19/h2-8,10-13,15-17,29H,9,14H2,1H3. The molecule has 0 amide bonds. The van der Waals surface area contributed by atoms with Crippen molar-refractivity contribution in [3.05, 3.63) is 96.4 Å². The topological polar surface area (TPSA) is 94.3 Å². The van der Waals surface area contributed by atoms with Gasteiger partial charge in [0, 0.05) is 41.8 Å². The Morgan fingerprint density at radius 1 is 1.00 bits per heavy atom. The van der Waals surface area contributed by atoms with E-state index in [1.165, 1.54) is 0 Å². The lowest BCUT2D eigenvalue weighted by atomic mass is 10.1. The van der Waals surface area contributed by atoms with E-state index in [0.717, 1.165) is 28.3 Å². The molecule has 168 valence electrons. The highest BCUT2D eigenvalue weighted by molar-refractivity contribution is 5.73. The van der Waals surface area contributed by atoms with Crippen molar-refractivity contribution >= 4 is 23.3 Å². The molecule has 0 aliphatic heterocycles. The second-order valence-electron chi connectivity index (χ2n) is 7.78. The van der Waals surface area contributed by atoms with Crippen LogP contribution in [0.5, 0.6) is 5.75 Å². The zero-order valence-corrected chi connectivity index (χ0v) is 18.5. The number of hydrogen-bond acceptors (Lipinski definition) is 7. The van der Waals surface area contributed by atoms with E-state index >= 15 is 0 Å². The summed E-state index contributed by atoms with van der Waals surface area (Å²) < 4.78 is 7.13. The predicted octanol–water partition coefficient (Wildman–Crippen LogP) is 4.78. The normalized spacial score (nSPS) is 10.9. The first kappa shape index (κ1) is 21.3. The number of esters is 1. The molecule has 34 heavy (non-hydrogen) atoms. The number of aryl methyl sites for hydroxylation is 2. The Bertz CT molecular complexity index is 1420. The molecule has 3 aromatic heterocycles. The molecule has 0 spiro atoms. The maximum absolute atomic E-state index is 12.2. The van der Waals surface area contributed by atoms with E-state index in [-0.39, 0.29) is 5.97 Å². The van der Waals surface area contributed by atoms with Crippen LogP contribution in [0.1, 0.15) is 17.7 Å². The Morgan fingerprint density at radius 2 is 1.82 bits per heavy atom. The fraction of sp³-hybridized carbons (Fsp3) is 0.115. The number of anilines is 2. The minimum atomic E-state index is -0.262. The van der Waals surface area contributed by atoms with Gasteiger partial charge in [-0.1, -0.05) is 30.3 Å². The largest absolute Gasteiger partial charge is 0.427 e. The van der Waals surface area contributed by atoms with Crippen molar-refractivity contribution in [1.29, 1.82) is 0 Å². The molecular formula is C26H22N6O2. The molecule has 0 bridgehead atoms. The van der Waals surface area contributed by atoms with Crippen molar-refractivity contribution < 1.29 is 9.53 Å². The number of nitrogens with one attached hydrogen (secondary N) is 1. The summed E-state index contributed by atoms with van der Waals surface area (Å²) in [5.41, 5.74) is 3.55. The van der Waals surface area contributed by atoms with Crippen LogP contribution in [0.15, 0.2) is 85.2 Å². The van der Waals surface area contributed by atoms with Crippen molar-refractivity contribution in [3.8, 4) is 17.1 Å². The number of nitrogens with zero attached hydrogens (tertiary/aromatic N) is 5. The number of carbonyl (C=O) groups excluding carboxylic acids is 1. The molecule has 1 N–H and O–H groups in total. The number of rotatable bonds is 7. The van der Waals surface area contributed by atoms with E-state index in [2.05, 4.69) is 25.4 Å². The third-order valence-electron chi connectivity index (χ3n) is 5.18. The molecule has 0 fully saturated rings. The van der Waals surface area contributed by atoms with Crippen LogP contribution in [-0.4, -0.2) is 30.5 Å². The molecule has 2 aromatic carbocycles. The van der Waals surface area contributed by atoms with Crippen molar-refractivity contribution in [2.75, 3.05) is 5.32 Å². The molecule has 0 saturated heterocycles. The van der Waals surface area contributed by atoms with Crippen LogP contribution in [0.3, 0.4) is 0 Å². The Hall–Kier alpha value is -4.59. The number of ether oxygens (including phenoxy) is 1. The summed E-state index contributed by atoms with van der Waals surface area (Å²) in [7, 11) is 0. The highest BCUT2D eigenvalue weighted by Gasteiger charge is 2.12. The zero-order chi connectivity index (χ0) is 23.3. The highest BCUT2D eigenvalue weighted by atomic mass is 16.5. The molecule has 0 saturated carbocycles. The maximum atomic E-state index is 12.2. The summed E-state index contributed by atoms with van der Waals surface area (Å²) in [5.74, 6) is 2.00. The van der Waals surface area contributed by atoms with Crippen LogP contribution in [0, 0.1) is 6.92 Å². The van der Waals surface area contributed by atoms with Gasteiger partial charge < -0.3 is 10.1 Å². The summed E-state index contributed by atoms with van der Waals surface area (Å²) in [6.45, 7) is 1.90. The maximum Gasteiger partial charge on any atom is 0.311 e. The third-order valence-corrected chi connectivity index (χ3v) is 5.18. The van der Waals surface area contributed by atoms with Crippen LogP contribution in [0.4, 0.5) is 11.5 Å². The fourth-order valence-electron chi connectivity index (χ4n) is 3.52. The SMILES string of the molecule is Cc1cc(Nc2ccc(OC(=O)CCc3ccccc3)cc2)n2nc(-c3cccnc3)nc2n1. The molecule has 0 aliphatic rings. The Kier molecular flexibility index (Phi) is 5.94. The Morgan fingerprint density at radius 3 is 2.59 bits per heavy atom. The van der Waals surface area contributed by atoms with Crippen molar-refractivity contribution in [1.82, 2.24) is 24.6 Å². The van der Waals surface area contributed by atoms with E-state index in [0.29, 0.717) is 30.2 Å². The smallest absolute Gasteiger partial charge is 0.311 e. The fourth-order valence-corrected chi connectivity index (χ4v) is 3.52. The van der Waals surface area contributed by atoms with E-state index < -0.39 is 0 Å². The average Bonchev–Trinajstić information content (AvgIpc) is 3.29. The molecule has 0 atom stereocenters. The van der Waals surface area contributed by atoms with Gasteiger partial charge in [0.05, 0.1) is 0 Å². The first-order valence-electron chi connectivity index (χ1n) is 10.9. The minimum Gasteiger partial charge on any atom is -0.427 e. The van der Waals surface area contributed by atoms with Crippen molar-refractivity contribution in [2.24, 2.45) is 0 Å². The lowest BCUT2D eigenvalue weighted by Gasteiger charge is -2.10. The lowest BCUT2D eigenvalue weighted by Crippen LogP contribution is -2.09. The van der Waals surface area contributed by atoms with E-state index in [1.54, 1.807) is 29.0 Å². The molecule has 0 aliphatic carbocycles. The molecule has 0 unspecified atom stereocenters. The number of benzene rings is 2. The van der Waals surface area contributed by atoms with Crippen LogP contribution in [-0.2, 0) is 11.2 Å². The molecule has 0 radical (unpaired) electrons. The summed E-state index contributed by atoms with van der Waals surface area (Å²) in [5, 5.41) is 7.94. The van der Waals surface area contributed by atoms with Gasteiger partial charge in [0.15, 0.2) is 5.82 Å². The molecule has 5 rings (SSSR count). The number of hydrogen-bond donors (Lipinski definition) is 1. The van der Waals surface area contributed by atoms with Gasteiger partial charge in [0.2, 0.25) is 0 Å². The van der Waals surface area contributed by atoms with Crippen LogP contribution >= 0.6 is 0 Å². The van der Waals surface area contributed by atoms with Gasteiger partial charge in [0.25, 0.3) is 5.78 Å². The van der Waals surface area contributed by atoms with Gasteiger partial charge in [-0.3, -0.25) is 9.78 Å². The first-order valence-corrected chi connectivity index (χ1v) is 10.9. The average molecular weight is 451 g/mol. The van der Waals surface area contributed by atoms with Gasteiger partial charge in [0.1, 0.15) is 11.6 Å². The number of aromatic nitrogens is 5. The quantitative estimate of drug-likeness (QED) is 0.282. The molecule has 5 aromatic rings. The lowest BCUT2D eigenvalue weighted by molar-refractivity contribution is -0.134. The summed E-state index contributed by atoms with van der Waals surface area (Å²) in [4.78, 5) is 25.3. The van der Waals surface area contributed by atoms with Crippen LogP contribution in [0.2, 0.25) is 0 Å². The van der Waals surface area contributed by atoms with Gasteiger partial charge in [-0.2, -0.15) is 9.50 Å². The third kappa shape index (κ3) is 4.91. The predicted molar refractivity (Wildman–Crippen MR) is 129 cm³/mol. The van der Waals surface area contributed by atoms with Gasteiger partial charge in [-0.05, 0) is 55.3 Å². The summed E-state index contributed by atoms with van der Waals surface area (Å²) >= 11 is 0. The van der Waals surface area contributed by atoms with E-state index in [9.17, 15) is 4.79 Å². The summed E-state index contributed by atoms with van der Waals surface area (Å²) in [6, 6.07) is 22.7. The first-order chi connectivity index (χ1) is 16.6. The van der Waals surface area contributed by atoms with E-state index in [4.69, 9.17) is 4.74 Å². The number of carbonyl (C=O) groups is 1. The Labute approximate surface area is 196 Å². The zero-order valence-electron chi connectivity index (χ0n) is 18.5. The minimum absolute atomic E-state index is 0.262. The summed E-state index contributed by atoms with van der Waals surface area (Å²) in [6.07, 6.45) is 4.40. The van der Waals surface area contributed by atoms with Gasteiger partial charge in [-0.25, -0.2) is 4.98 Å². The van der Waals surface area contributed by atoms with Crippen LogP contribution < -0.4 is 10.1 Å². The van der Waals surface area contributed by atoms with E-state index in [1.807, 2.05) is 67.6 Å². The molecule has 8 nitrogen and oxygen atoms in total. The molecular weight excluding hydrogens is 428 g/mol. The molecule has 3 heterocycles. The number of fused-ring (bicyclic) bond motifs is 1. The second-order valence-corrected chi connectivity index (χ2v) is 7.78. The number of pyridine rings is 1. The second kappa shape index (κ2) is 9.50. The van der Waals surface area contributed by atoms with Crippen molar-refractivity contribution in [3.63, 3.8) is 0 Å². The van der Waals surface area contributed by atoms with Gasteiger partial charge in [-0.15, -0.1) is 5.10 Å². The van der Waals surface area contributed by atoms with Crippen LogP contribution in [0.25, 0.3) is 17.2 Å². The van der Waals surface area contributed by atoms with Gasteiger partial charge >= 0.3 is 5.97 Å². The molecule has 8 heteroatoms. The highest BCUT2D eigenvalue weighted by Crippen LogP contribution is 2.23.